The summed E-state index contributed by atoms with van der Waals surface area (Å²) in [5.74, 6) is -0.261. The van der Waals surface area contributed by atoms with Crippen molar-refractivity contribution in [2.45, 2.75) is 6.42 Å². The fourth-order valence-corrected chi connectivity index (χ4v) is 3.06. The Morgan fingerprint density at radius 3 is 2.62 bits per heavy atom. The van der Waals surface area contributed by atoms with Crippen LogP contribution in [0.25, 0.3) is 0 Å². The van der Waals surface area contributed by atoms with Gasteiger partial charge in [0.05, 0.1) is 30.7 Å². The van der Waals surface area contributed by atoms with Crippen LogP contribution in [0.4, 0.5) is 5.69 Å². The molecule has 0 bridgehead atoms. The molecule has 1 aliphatic rings. The van der Waals surface area contributed by atoms with Gasteiger partial charge in [-0.05, 0) is 25.1 Å². The number of nitrogens with one attached hydrogen (secondary N) is 1. The number of carbonyl (C=O) groups excluding carboxylic acids is 1. The van der Waals surface area contributed by atoms with E-state index in [1.807, 2.05) is 0 Å². The van der Waals surface area contributed by atoms with Gasteiger partial charge in [-0.15, -0.1) is 0 Å². The Kier molecular flexibility index (Phi) is 6.59. The van der Waals surface area contributed by atoms with Crippen LogP contribution in [0.5, 0.6) is 0 Å². The average Bonchev–Trinajstić information content (AvgIpc) is 2.58. The molecule has 8 heteroatoms. The van der Waals surface area contributed by atoms with Crippen molar-refractivity contribution in [2.24, 2.45) is 0 Å². The minimum atomic E-state index is -3.42. The predicted molar refractivity (Wildman–Crippen MR) is 93.9 cm³/mol. The van der Waals surface area contributed by atoms with E-state index in [1.54, 1.807) is 24.3 Å². The van der Waals surface area contributed by atoms with Crippen LogP contribution in [0.15, 0.2) is 24.3 Å². The van der Waals surface area contributed by atoms with E-state index in [2.05, 4.69) is 10.2 Å². The Labute approximate surface area is 143 Å². The summed E-state index contributed by atoms with van der Waals surface area (Å²) in [4.78, 5) is 14.7. The van der Waals surface area contributed by atoms with Crippen molar-refractivity contribution in [1.82, 2.24) is 10.2 Å². The predicted octanol–water partition coefficient (Wildman–Crippen LogP) is 0.535. The summed E-state index contributed by atoms with van der Waals surface area (Å²) >= 11 is 0. The molecule has 0 atom stereocenters. The van der Waals surface area contributed by atoms with E-state index in [4.69, 9.17) is 4.74 Å². The SMILES string of the molecule is CN(c1ccccc1C(=O)NCCCN1CCOCC1)S(C)(=O)=O. The number of para-hydroxylation sites is 1. The molecule has 1 heterocycles. The molecule has 24 heavy (non-hydrogen) atoms. The molecule has 1 N–H and O–H groups in total. The summed E-state index contributed by atoms with van der Waals surface area (Å²) in [6.45, 7) is 4.84. The second-order valence-corrected chi connectivity index (χ2v) is 7.82. The number of nitrogens with zero attached hydrogens (tertiary/aromatic N) is 2. The summed E-state index contributed by atoms with van der Waals surface area (Å²) in [7, 11) is -1.97. The summed E-state index contributed by atoms with van der Waals surface area (Å²) in [5.41, 5.74) is 0.738. The minimum Gasteiger partial charge on any atom is -0.379 e. The maximum atomic E-state index is 12.4. The molecule has 0 aliphatic carbocycles. The van der Waals surface area contributed by atoms with Gasteiger partial charge >= 0.3 is 0 Å². The number of ether oxygens (including phenoxy) is 1. The van der Waals surface area contributed by atoms with Crippen molar-refractivity contribution in [2.75, 3.05) is 57.0 Å². The lowest BCUT2D eigenvalue weighted by atomic mass is 10.1. The zero-order chi connectivity index (χ0) is 17.6. The molecule has 1 aromatic carbocycles. The standard InChI is InChI=1S/C16H25N3O4S/c1-18(24(2,21)22)15-7-4-3-6-14(15)16(20)17-8-5-9-19-10-12-23-13-11-19/h3-4,6-7H,5,8-13H2,1-2H3,(H,17,20). The zero-order valence-corrected chi connectivity index (χ0v) is 15.0. The second kappa shape index (κ2) is 8.46. The maximum absolute atomic E-state index is 12.4. The topological polar surface area (TPSA) is 79.0 Å². The van der Waals surface area contributed by atoms with E-state index < -0.39 is 10.0 Å². The lowest BCUT2D eigenvalue weighted by Gasteiger charge is -2.26. The summed E-state index contributed by atoms with van der Waals surface area (Å²) in [5, 5.41) is 2.87. The van der Waals surface area contributed by atoms with Crippen molar-refractivity contribution >= 4 is 21.6 Å². The molecule has 1 aromatic rings. The van der Waals surface area contributed by atoms with Gasteiger partial charge in [0.25, 0.3) is 5.91 Å². The van der Waals surface area contributed by atoms with Crippen LogP contribution < -0.4 is 9.62 Å². The molecule has 2 rings (SSSR count). The molecule has 1 amide bonds. The number of rotatable bonds is 7. The van der Waals surface area contributed by atoms with Crippen LogP contribution in [-0.2, 0) is 14.8 Å². The Bertz CT molecular complexity index is 657. The first-order chi connectivity index (χ1) is 11.4. The molecule has 1 saturated heterocycles. The summed E-state index contributed by atoms with van der Waals surface area (Å²) < 4.78 is 29.9. The third-order valence-corrected chi connectivity index (χ3v) is 5.22. The number of sulfonamides is 1. The molecule has 1 fully saturated rings. The van der Waals surface area contributed by atoms with E-state index in [9.17, 15) is 13.2 Å². The third kappa shape index (κ3) is 5.19. The van der Waals surface area contributed by atoms with E-state index in [0.717, 1.165) is 49.8 Å². The van der Waals surface area contributed by atoms with Crippen LogP contribution in [-0.4, -0.2) is 71.9 Å². The van der Waals surface area contributed by atoms with Crippen LogP contribution in [0.3, 0.4) is 0 Å². The van der Waals surface area contributed by atoms with Crippen LogP contribution in [0.1, 0.15) is 16.8 Å². The van der Waals surface area contributed by atoms with Gasteiger partial charge in [0.2, 0.25) is 10.0 Å². The van der Waals surface area contributed by atoms with Crippen molar-refractivity contribution in [3.63, 3.8) is 0 Å². The Morgan fingerprint density at radius 1 is 1.29 bits per heavy atom. The monoisotopic (exact) mass is 355 g/mol. The molecule has 7 nitrogen and oxygen atoms in total. The van der Waals surface area contributed by atoms with E-state index in [1.165, 1.54) is 7.05 Å². The Balaban J connectivity index is 1.90. The van der Waals surface area contributed by atoms with Gasteiger partial charge in [-0.3, -0.25) is 14.0 Å². The van der Waals surface area contributed by atoms with Gasteiger partial charge < -0.3 is 10.1 Å². The van der Waals surface area contributed by atoms with Crippen molar-refractivity contribution in [3.05, 3.63) is 29.8 Å². The van der Waals surface area contributed by atoms with Crippen LogP contribution in [0, 0.1) is 0 Å². The number of morpholine rings is 1. The molecular weight excluding hydrogens is 330 g/mol. The third-order valence-electron chi connectivity index (χ3n) is 4.03. The van der Waals surface area contributed by atoms with Gasteiger partial charge in [0.15, 0.2) is 0 Å². The first-order valence-corrected chi connectivity index (χ1v) is 9.85. The fraction of sp³-hybridized carbons (Fsp3) is 0.562. The number of benzene rings is 1. The van der Waals surface area contributed by atoms with Gasteiger partial charge in [0, 0.05) is 26.7 Å². The maximum Gasteiger partial charge on any atom is 0.253 e. The smallest absolute Gasteiger partial charge is 0.253 e. The first-order valence-electron chi connectivity index (χ1n) is 8.01. The Hall–Kier alpha value is -1.64. The summed E-state index contributed by atoms with van der Waals surface area (Å²) in [6, 6.07) is 6.70. The second-order valence-electron chi connectivity index (χ2n) is 5.81. The van der Waals surface area contributed by atoms with Crippen LogP contribution >= 0.6 is 0 Å². The average molecular weight is 355 g/mol. The molecular formula is C16H25N3O4S. The molecule has 0 saturated carbocycles. The van der Waals surface area contributed by atoms with E-state index in [0.29, 0.717) is 17.8 Å². The highest BCUT2D eigenvalue weighted by molar-refractivity contribution is 7.92. The van der Waals surface area contributed by atoms with Gasteiger partial charge in [-0.2, -0.15) is 0 Å². The highest BCUT2D eigenvalue weighted by Gasteiger charge is 2.19. The van der Waals surface area contributed by atoms with Gasteiger partial charge in [-0.1, -0.05) is 12.1 Å². The largest absolute Gasteiger partial charge is 0.379 e. The van der Waals surface area contributed by atoms with E-state index >= 15 is 0 Å². The Morgan fingerprint density at radius 2 is 1.96 bits per heavy atom. The first kappa shape index (κ1) is 18.7. The minimum absolute atomic E-state index is 0.261. The molecule has 1 aliphatic heterocycles. The zero-order valence-electron chi connectivity index (χ0n) is 14.2. The molecule has 0 radical (unpaired) electrons. The fourth-order valence-electron chi connectivity index (χ4n) is 2.54. The van der Waals surface area contributed by atoms with E-state index in [-0.39, 0.29) is 5.91 Å². The molecule has 0 spiro atoms. The number of carbonyl (C=O) groups is 1. The lowest BCUT2D eigenvalue weighted by Crippen LogP contribution is -2.38. The number of amides is 1. The highest BCUT2D eigenvalue weighted by Crippen LogP contribution is 2.21. The number of anilines is 1. The molecule has 0 aromatic heterocycles. The summed E-state index contributed by atoms with van der Waals surface area (Å²) in [6.07, 6.45) is 1.96. The molecule has 134 valence electrons. The van der Waals surface area contributed by atoms with Crippen molar-refractivity contribution in [1.29, 1.82) is 0 Å². The normalized spacial score (nSPS) is 15.9. The highest BCUT2D eigenvalue weighted by atomic mass is 32.2. The lowest BCUT2D eigenvalue weighted by molar-refractivity contribution is 0.0374. The van der Waals surface area contributed by atoms with Gasteiger partial charge in [-0.25, -0.2) is 8.42 Å². The molecule has 0 unspecified atom stereocenters. The van der Waals surface area contributed by atoms with Gasteiger partial charge in [0.1, 0.15) is 0 Å². The van der Waals surface area contributed by atoms with Crippen molar-refractivity contribution in [3.8, 4) is 0 Å². The number of hydrogen-bond acceptors (Lipinski definition) is 5. The van der Waals surface area contributed by atoms with Crippen molar-refractivity contribution < 1.29 is 17.9 Å². The quantitative estimate of drug-likeness (QED) is 0.722. The van der Waals surface area contributed by atoms with Crippen LogP contribution in [0.2, 0.25) is 0 Å². The number of hydrogen-bond donors (Lipinski definition) is 1.